The fraction of sp³-hybridized carbons (Fsp3) is 0.600. The standard InChI is InChI=1S/C15H18F3NO3S/c1-11-4-2-3-5-13(11)22-12-8-19(9-12)23(20,21)10-14(6-7-14)15(16,17)18/h2-5,12H,6-10H2,1H3. The van der Waals surface area contributed by atoms with E-state index < -0.39 is 27.4 Å². The van der Waals surface area contributed by atoms with Gasteiger partial charge >= 0.3 is 6.18 Å². The lowest BCUT2D eigenvalue weighted by atomic mass is 10.1. The van der Waals surface area contributed by atoms with Crippen molar-refractivity contribution < 1.29 is 26.3 Å². The minimum atomic E-state index is -4.46. The van der Waals surface area contributed by atoms with Crippen LogP contribution in [-0.4, -0.2) is 43.8 Å². The summed E-state index contributed by atoms with van der Waals surface area (Å²) in [7, 11) is -3.90. The molecule has 1 aliphatic heterocycles. The summed E-state index contributed by atoms with van der Waals surface area (Å²) in [5, 5.41) is 0. The Hall–Kier alpha value is -1.28. The molecule has 0 spiro atoms. The molecule has 0 atom stereocenters. The van der Waals surface area contributed by atoms with Gasteiger partial charge in [0.15, 0.2) is 0 Å². The van der Waals surface area contributed by atoms with Crippen molar-refractivity contribution in [3.63, 3.8) is 0 Å². The van der Waals surface area contributed by atoms with Crippen LogP contribution >= 0.6 is 0 Å². The smallest absolute Gasteiger partial charge is 0.395 e. The molecule has 128 valence electrons. The van der Waals surface area contributed by atoms with Crippen molar-refractivity contribution >= 4 is 10.0 Å². The minimum Gasteiger partial charge on any atom is -0.487 e. The topological polar surface area (TPSA) is 46.6 Å². The van der Waals surface area contributed by atoms with E-state index in [1.54, 1.807) is 6.07 Å². The van der Waals surface area contributed by atoms with Gasteiger partial charge in [-0.25, -0.2) is 8.42 Å². The van der Waals surface area contributed by atoms with E-state index in [1.165, 1.54) is 0 Å². The third-order valence-electron chi connectivity index (χ3n) is 4.51. The van der Waals surface area contributed by atoms with E-state index in [0.29, 0.717) is 5.75 Å². The Morgan fingerprint density at radius 3 is 2.39 bits per heavy atom. The number of alkyl halides is 3. The molecule has 1 aromatic rings. The Labute approximate surface area is 133 Å². The van der Waals surface area contributed by atoms with Crippen LogP contribution < -0.4 is 4.74 Å². The molecule has 8 heteroatoms. The third-order valence-corrected chi connectivity index (χ3v) is 6.51. The number of hydrogen-bond acceptors (Lipinski definition) is 3. The monoisotopic (exact) mass is 349 g/mol. The minimum absolute atomic E-state index is 0.102. The number of sulfonamides is 1. The van der Waals surface area contributed by atoms with Crippen LogP contribution in [0.15, 0.2) is 24.3 Å². The number of ether oxygens (including phenoxy) is 1. The molecular weight excluding hydrogens is 331 g/mol. The SMILES string of the molecule is Cc1ccccc1OC1CN(S(=O)(=O)CC2(C(F)(F)F)CC2)C1. The highest BCUT2D eigenvalue weighted by atomic mass is 32.2. The fourth-order valence-electron chi connectivity index (χ4n) is 2.67. The van der Waals surface area contributed by atoms with Crippen LogP contribution in [0.2, 0.25) is 0 Å². The molecule has 0 bridgehead atoms. The highest BCUT2D eigenvalue weighted by Gasteiger charge is 2.65. The lowest BCUT2D eigenvalue weighted by Crippen LogP contribution is -2.57. The van der Waals surface area contributed by atoms with Gasteiger partial charge in [-0.05, 0) is 31.4 Å². The zero-order chi connectivity index (χ0) is 16.9. The highest BCUT2D eigenvalue weighted by molar-refractivity contribution is 7.89. The molecule has 1 saturated heterocycles. The van der Waals surface area contributed by atoms with E-state index in [0.717, 1.165) is 9.87 Å². The summed E-state index contributed by atoms with van der Waals surface area (Å²) in [6.07, 6.45) is -4.98. The number of aryl methyl sites for hydroxylation is 1. The number of rotatable bonds is 5. The summed E-state index contributed by atoms with van der Waals surface area (Å²) in [6, 6.07) is 7.35. The van der Waals surface area contributed by atoms with Gasteiger partial charge in [0, 0.05) is 0 Å². The van der Waals surface area contributed by atoms with E-state index in [4.69, 9.17) is 4.74 Å². The van der Waals surface area contributed by atoms with Crippen LogP contribution in [0.25, 0.3) is 0 Å². The largest absolute Gasteiger partial charge is 0.487 e. The number of para-hydroxylation sites is 1. The van der Waals surface area contributed by atoms with Gasteiger partial charge in [0.1, 0.15) is 11.9 Å². The molecule has 2 aliphatic rings. The van der Waals surface area contributed by atoms with Crippen molar-refractivity contribution in [3.05, 3.63) is 29.8 Å². The first-order chi connectivity index (χ1) is 10.6. The average molecular weight is 349 g/mol. The van der Waals surface area contributed by atoms with E-state index in [-0.39, 0.29) is 32.0 Å². The Kier molecular flexibility index (Phi) is 3.87. The molecule has 0 unspecified atom stereocenters. The first kappa shape index (κ1) is 16.6. The van der Waals surface area contributed by atoms with Gasteiger partial charge in [0.05, 0.1) is 24.3 Å². The van der Waals surface area contributed by atoms with E-state index >= 15 is 0 Å². The van der Waals surface area contributed by atoms with Crippen LogP contribution in [0, 0.1) is 12.3 Å². The van der Waals surface area contributed by atoms with Gasteiger partial charge in [-0.2, -0.15) is 17.5 Å². The number of hydrogen-bond donors (Lipinski definition) is 0. The van der Waals surface area contributed by atoms with Gasteiger partial charge in [0.2, 0.25) is 10.0 Å². The van der Waals surface area contributed by atoms with Crippen LogP contribution in [0.3, 0.4) is 0 Å². The van der Waals surface area contributed by atoms with Gasteiger partial charge in [-0.15, -0.1) is 0 Å². The molecule has 1 aliphatic carbocycles. The molecule has 2 fully saturated rings. The summed E-state index contributed by atoms with van der Waals surface area (Å²) in [6.45, 7) is 2.08. The maximum atomic E-state index is 12.9. The second-order valence-electron chi connectivity index (χ2n) is 6.36. The molecule has 1 saturated carbocycles. The average Bonchev–Trinajstić information content (AvgIpc) is 3.14. The quantitative estimate of drug-likeness (QED) is 0.821. The predicted octanol–water partition coefficient (Wildman–Crippen LogP) is 2.73. The molecule has 0 N–H and O–H groups in total. The van der Waals surface area contributed by atoms with Crippen molar-refractivity contribution in [3.8, 4) is 5.75 Å². The maximum absolute atomic E-state index is 12.9. The Morgan fingerprint density at radius 1 is 1.26 bits per heavy atom. The van der Waals surface area contributed by atoms with Gasteiger partial charge in [0.25, 0.3) is 0 Å². The van der Waals surface area contributed by atoms with Crippen molar-refractivity contribution in [2.24, 2.45) is 5.41 Å². The molecule has 0 aromatic heterocycles. The molecule has 1 aromatic carbocycles. The van der Waals surface area contributed by atoms with Crippen LogP contribution in [0.4, 0.5) is 13.2 Å². The van der Waals surface area contributed by atoms with E-state index in [2.05, 4.69) is 0 Å². The van der Waals surface area contributed by atoms with Crippen LogP contribution in [0.1, 0.15) is 18.4 Å². The highest BCUT2D eigenvalue weighted by Crippen LogP contribution is 2.58. The van der Waals surface area contributed by atoms with Crippen molar-refractivity contribution in [1.29, 1.82) is 0 Å². The number of halogens is 3. The Balaban J connectivity index is 1.58. The summed E-state index contributed by atoms with van der Waals surface area (Å²) >= 11 is 0. The van der Waals surface area contributed by atoms with Gasteiger partial charge in [-0.1, -0.05) is 18.2 Å². The van der Waals surface area contributed by atoms with Crippen molar-refractivity contribution in [2.45, 2.75) is 32.0 Å². The summed E-state index contributed by atoms with van der Waals surface area (Å²) < 4.78 is 69.8. The van der Waals surface area contributed by atoms with E-state index in [1.807, 2.05) is 25.1 Å². The number of nitrogens with zero attached hydrogens (tertiary/aromatic N) is 1. The van der Waals surface area contributed by atoms with Crippen molar-refractivity contribution in [2.75, 3.05) is 18.8 Å². The van der Waals surface area contributed by atoms with Gasteiger partial charge in [-0.3, -0.25) is 0 Å². The molecule has 4 nitrogen and oxygen atoms in total. The van der Waals surface area contributed by atoms with Crippen LogP contribution in [0.5, 0.6) is 5.75 Å². The van der Waals surface area contributed by atoms with Crippen molar-refractivity contribution in [1.82, 2.24) is 4.31 Å². The zero-order valence-corrected chi connectivity index (χ0v) is 13.5. The second kappa shape index (κ2) is 5.37. The summed E-state index contributed by atoms with van der Waals surface area (Å²) in [5.74, 6) is -0.177. The Morgan fingerprint density at radius 2 is 1.87 bits per heavy atom. The first-order valence-corrected chi connectivity index (χ1v) is 9.01. The number of benzene rings is 1. The Bertz CT molecular complexity index is 692. The third kappa shape index (κ3) is 3.19. The fourth-order valence-corrected chi connectivity index (χ4v) is 4.79. The molecule has 0 radical (unpaired) electrons. The molecular formula is C15H18F3NO3S. The van der Waals surface area contributed by atoms with Gasteiger partial charge < -0.3 is 4.74 Å². The first-order valence-electron chi connectivity index (χ1n) is 7.40. The molecule has 23 heavy (non-hydrogen) atoms. The normalized spacial score (nSPS) is 21.7. The lowest BCUT2D eigenvalue weighted by Gasteiger charge is -2.39. The summed E-state index contributed by atoms with van der Waals surface area (Å²) in [4.78, 5) is 0. The molecule has 3 rings (SSSR count). The summed E-state index contributed by atoms with van der Waals surface area (Å²) in [5.41, 5.74) is -1.10. The van der Waals surface area contributed by atoms with E-state index in [9.17, 15) is 21.6 Å². The molecule has 0 amide bonds. The zero-order valence-electron chi connectivity index (χ0n) is 12.6. The molecule has 1 heterocycles. The second-order valence-corrected chi connectivity index (χ2v) is 8.33. The predicted molar refractivity (Wildman–Crippen MR) is 78.7 cm³/mol. The lowest BCUT2D eigenvalue weighted by molar-refractivity contribution is -0.180. The van der Waals surface area contributed by atoms with Crippen LogP contribution in [-0.2, 0) is 10.0 Å². The maximum Gasteiger partial charge on any atom is 0.395 e.